The molecule has 0 saturated carbocycles. The van der Waals surface area contributed by atoms with Gasteiger partial charge in [-0.25, -0.2) is 33.3 Å². The summed E-state index contributed by atoms with van der Waals surface area (Å²) in [5.41, 5.74) is 6.29. The molecular formula is C17H18N6O7S. The molecule has 0 spiro atoms. The van der Waals surface area contributed by atoms with Crippen LogP contribution in [0.25, 0.3) is 11.2 Å². The number of nitrogen functional groups attached to an aromatic ring is 1. The van der Waals surface area contributed by atoms with Crippen LogP contribution in [-0.4, -0.2) is 69.0 Å². The van der Waals surface area contributed by atoms with Gasteiger partial charge in [-0.2, -0.15) is 0 Å². The lowest BCUT2D eigenvalue weighted by atomic mass is 10.1. The number of aromatic nitrogens is 4. The highest BCUT2D eigenvalue weighted by atomic mass is 32.2. The Bertz CT molecular complexity index is 1250. The summed E-state index contributed by atoms with van der Waals surface area (Å²) in [6.45, 7) is -0.406. The van der Waals surface area contributed by atoms with E-state index >= 15 is 0 Å². The summed E-state index contributed by atoms with van der Waals surface area (Å²) in [7, 11) is -3.99. The third-order valence-electron chi connectivity index (χ3n) is 4.78. The number of sulfonamides is 1. The maximum atomic E-state index is 12.3. The Hall–Kier alpha value is -3.17. The van der Waals surface area contributed by atoms with Crippen molar-refractivity contribution in [3.8, 4) is 0 Å². The molecule has 0 aliphatic carbocycles. The zero-order chi connectivity index (χ0) is 22.3. The van der Waals surface area contributed by atoms with E-state index in [4.69, 9.17) is 20.3 Å². The van der Waals surface area contributed by atoms with Crippen molar-refractivity contribution in [1.29, 1.82) is 0 Å². The number of nitrogens with two attached hydrogens (primary N) is 2. The van der Waals surface area contributed by atoms with Crippen molar-refractivity contribution in [2.24, 2.45) is 5.14 Å². The third kappa shape index (κ3) is 3.94. The summed E-state index contributed by atoms with van der Waals surface area (Å²) in [5.74, 6) is -0.711. The SMILES string of the molecule is Nc1ncnc2c1ncn2[C@@H]1O[C@H](COC(=O)c2cccc(S(N)(=O)=O)c2)[C@@H](O)[C@H]1O. The normalized spacial score (nSPS) is 23.8. The largest absolute Gasteiger partial charge is 0.459 e. The molecule has 3 heterocycles. The molecule has 31 heavy (non-hydrogen) atoms. The van der Waals surface area contributed by atoms with Crippen LogP contribution >= 0.6 is 0 Å². The molecule has 1 aromatic carbocycles. The van der Waals surface area contributed by atoms with Crippen LogP contribution in [0.5, 0.6) is 0 Å². The lowest BCUT2D eigenvalue weighted by Crippen LogP contribution is -2.34. The number of esters is 1. The first-order chi connectivity index (χ1) is 14.7. The number of carbonyl (C=O) groups is 1. The quantitative estimate of drug-likeness (QED) is 0.330. The Kier molecular flexibility index (Phi) is 5.32. The highest BCUT2D eigenvalue weighted by molar-refractivity contribution is 7.89. The van der Waals surface area contributed by atoms with Crippen LogP contribution in [0.1, 0.15) is 16.6 Å². The number of imidazole rings is 1. The second-order valence-corrected chi connectivity index (χ2v) is 8.36. The molecule has 4 atom stereocenters. The molecule has 4 rings (SSSR count). The van der Waals surface area contributed by atoms with Crippen LogP contribution in [0.15, 0.2) is 41.8 Å². The number of hydrogen-bond acceptors (Lipinski definition) is 11. The standard InChI is InChI=1S/C17H18N6O7S/c18-14-11-15(21-6-20-14)23(7-22-11)16-13(25)12(24)10(30-16)5-29-17(26)8-2-1-3-9(4-8)31(19,27)28/h1-4,6-7,10,12-13,16,24-25H,5H2,(H2,18,20,21)(H2,19,27,28)/t10-,12-,13-,16-/m1/s1. The Balaban J connectivity index is 1.48. The minimum atomic E-state index is -3.99. The van der Waals surface area contributed by atoms with E-state index in [1.165, 1.54) is 35.4 Å². The minimum Gasteiger partial charge on any atom is -0.459 e. The number of fused-ring (bicyclic) bond motifs is 1. The van der Waals surface area contributed by atoms with Crippen LogP contribution < -0.4 is 10.9 Å². The fourth-order valence-corrected chi connectivity index (χ4v) is 3.75. The van der Waals surface area contributed by atoms with E-state index in [-0.39, 0.29) is 16.3 Å². The third-order valence-corrected chi connectivity index (χ3v) is 5.69. The molecule has 1 aliphatic rings. The molecule has 3 aromatic rings. The fraction of sp³-hybridized carbons (Fsp3) is 0.294. The monoisotopic (exact) mass is 450 g/mol. The van der Waals surface area contributed by atoms with E-state index in [0.29, 0.717) is 11.2 Å². The molecule has 1 saturated heterocycles. The minimum absolute atomic E-state index is 0.0520. The fourth-order valence-electron chi connectivity index (χ4n) is 3.19. The Morgan fingerprint density at radius 2 is 2.00 bits per heavy atom. The lowest BCUT2D eigenvalue weighted by molar-refractivity contribution is -0.0565. The molecule has 0 unspecified atom stereocenters. The molecule has 2 aromatic heterocycles. The van der Waals surface area contributed by atoms with Crippen LogP contribution in [0.4, 0.5) is 5.82 Å². The van der Waals surface area contributed by atoms with Gasteiger partial charge in [0.25, 0.3) is 0 Å². The molecule has 14 heteroatoms. The molecule has 0 amide bonds. The van der Waals surface area contributed by atoms with E-state index in [9.17, 15) is 23.4 Å². The van der Waals surface area contributed by atoms with E-state index in [2.05, 4.69) is 15.0 Å². The van der Waals surface area contributed by atoms with Gasteiger partial charge in [0.05, 0.1) is 16.8 Å². The van der Waals surface area contributed by atoms with Crippen molar-refractivity contribution in [1.82, 2.24) is 19.5 Å². The number of aliphatic hydroxyl groups is 2. The smallest absolute Gasteiger partial charge is 0.338 e. The van der Waals surface area contributed by atoms with E-state index in [0.717, 1.165) is 6.07 Å². The van der Waals surface area contributed by atoms with Gasteiger partial charge in [-0.3, -0.25) is 4.57 Å². The van der Waals surface area contributed by atoms with Gasteiger partial charge in [-0.1, -0.05) is 6.07 Å². The summed E-state index contributed by atoms with van der Waals surface area (Å²) < 4.78 is 35.1. The number of hydrogen-bond donors (Lipinski definition) is 4. The predicted molar refractivity (Wildman–Crippen MR) is 104 cm³/mol. The van der Waals surface area contributed by atoms with E-state index in [1.54, 1.807) is 0 Å². The number of rotatable bonds is 5. The summed E-state index contributed by atoms with van der Waals surface area (Å²) >= 11 is 0. The molecule has 0 bridgehead atoms. The second kappa shape index (κ2) is 7.82. The van der Waals surface area contributed by atoms with Crippen molar-refractivity contribution in [2.75, 3.05) is 12.3 Å². The maximum absolute atomic E-state index is 12.3. The number of aliphatic hydroxyl groups excluding tert-OH is 2. The Morgan fingerprint density at radius 1 is 1.23 bits per heavy atom. The molecule has 1 fully saturated rings. The highest BCUT2D eigenvalue weighted by Crippen LogP contribution is 2.32. The van der Waals surface area contributed by atoms with Gasteiger partial charge in [0, 0.05) is 0 Å². The van der Waals surface area contributed by atoms with Crippen LogP contribution in [0.2, 0.25) is 0 Å². The van der Waals surface area contributed by atoms with Crippen LogP contribution in [-0.2, 0) is 19.5 Å². The molecule has 164 valence electrons. The maximum Gasteiger partial charge on any atom is 0.338 e. The average Bonchev–Trinajstić information content (AvgIpc) is 3.28. The van der Waals surface area contributed by atoms with Crippen molar-refractivity contribution in [3.05, 3.63) is 42.5 Å². The van der Waals surface area contributed by atoms with Gasteiger partial charge in [-0.15, -0.1) is 0 Å². The molecule has 0 radical (unpaired) electrons. The van der Waals surface area contributed by atoms with Crippen molar-refractivity contribution in [2.45, 2.75) is 29.4 Å². The number of primary sulfonamides is 1. The van der Waals surface area contributed by atoms with Crippen molar-refractivity contribution in [3.63, 3.8) is 0 Å². The first-order valence-electron chi connectivity index (χ1n) is 8.91. The van der Waals surface area contributed by atoms with Gasteiger partial charge in [-0.05, 0) is 18.2 Å². The topological polar surface area (TPSA) is 206 Å². The Morgan fingerprint density at radius 3 is 2.74 bits per heavy atom. The first-order valence-corrected chi connectivity index (χ1v) is 10.5. The van der Waals surface area contributed by atoms with Gasteiger partial charge in [0.2, 0.25) is 10.0 Å². The van der Waals surface area contributed by atoms with Gasteiger partial charge >= 0.3 is 5.97 Å². The molecular weight excluding hydrogens is 432 g/mol. The zero-order valence-electron chi connectivity index (χ0n) is 15.8. The van der Waals surface area contributed by atoms with E-state index < -0.39 is 47.1 Å². The molecule has 6 N–H and O–H groups in total. The first kappa shape index (κ1) is 21.1. The summed E-state index contributed by atoms with van der Waals surface area (Å²) in [6, 6.07) is 5.00. The van der Waals surface area contributed by atoms with Crippen molar-refractivity contribution < 1.29 is 32.9 Å². The van der Waals surface area contributed by atoms with E-state index in [1.807, 2.05) is 0 Å². The predicted octanol–water partition coefficient (Wildman–Crippen LogP) is -1.47. The second-order valence-electron chi connectivity index (χ2n) is 6.80. The number of carbonyl (C=O) groups excluding carboxylic acids is 1. The number of nitrogens with zero attached hydrogens (tertiary/aromatic N) is 4. The summed E-state index contributed by atoms with van der Waals surface area (Å²) in [6.07, 6.45) is -2.33. The average molecular weight is 450 g/mol. The number of ether oxygens (including phenoxy) is 2. The Labute approximate surface area is 175 Å². The highest BCUT2D eigenvalue weighted by Gasteiger charge is 2.45. The van der Waals surface area contributed by atoms with Gasteiger partial charge in [0.15, 0.2) is 17.7 Å². The van der Waals surface area contributed by atoms with Gasteiger partial charge < -0.3 is 25.4 Å². The zero-order valence-corrected chi connectivity index (χ0v) is 16.6. The van der Waals surface area contributed by atoms with Gasteiger partial charge in [0.1, 0.15) is 36.8 Å². The molecule has 1 aliphatic heterocycles. The lowest BCUT2D eigenvalue weighted by Gasteiger charge is -2.16. The van der Waals surface area contributed by atoms with Crippen molar-refractivity contribution >= 4 is 33.0 Å². The summed E-state index contributed by atoms with van der Waals surface area (Å²) in [4.78, 5) is 24.0. The molecule has 13 nitrogen and oxygen atoms in total. The van der Waals surface area contributed by atoms with Crippen LogP contribution in [0.3, 0.4) is 0 Å². The summed E-state index contributed by atoms with van der Waals surface area (Å²) in [5, 5.41) is 25.8. The van der Waals surface area contributed by atoms with Crippen LogP contribution in [0, 0.1) is 0 Å². The number of anilines is 1. The number of benzene rings is 1.